The first-order chi connectivity index (χ1) is 26.0. The predicted molar refractivity (Wildman–Crippen MR) is 203 cm³/mol. The smallest absolute Gasteiger partial charge is 0.331 e. The van der Waals surface area contributed by atoms with E-state index < -0.39 is 11.9 Å². The van der Waals surface area contributed by atoms with Gasteiger partial charge in [0.05, 0.1) is 35.5 Å². The second-order valence-electron chi connectivity index (χ2n) is 10.8. The molecule has 54 heavy (non-hydrogen) atoms. The van der Waals surface area contributed by atoms with E-state index in [9.17, 15) is 30.0 Å². The van der Waals surface area contributed by atoms with Crippen molar-refractivity contribution in [2.24, 2.45) is 0 Å². The third-order valence-electron chi connectivity index (χ3n) is 7.20. The van der Waals surface area contributed by atoms with Crippen LogP contribution in [-0.4, -0.2) is 81.1 Å². The monoisotopic (exact) mass is 742 g/mol. The van der Waals surface area contributed by atoms with Crippen LogP contribution in [0.5, 0.6) is 51.7 Å². The molecule has 0 atom stereocenters. The van der Waals surface area contributed by atoms with Gasteiger partial charge in [-0.3, -0.25) is 0 Å². The molecular formula is C41H42O13. The van der Waals surface area contributed by atoms with Crippen molar-refractivity contribution in [3.63, 3.8) is 0 Å². The second kappa shape index (κ2) is 21.4. The Morgan fingerprint density at radius 3 is 1.13 bits per heavy atom. The minimum Gasteiger partial charge on any atom is -0.504 e. The minimum absolute atomic E-state index is 0.0230. The summed E-state index contributed by atoms with van der Waals surface area (Å²) in [5.74, 6) is 0.603. The molecule has 0 fully saturated rings. The Morgan fingerprint density at radius 1 is 0.463 bits per heavy atom. The van der Waals surface area contributed by atoms with Crippen LogP contribution in [0.2, 0.25) is 0 Å². The number of hydrogen-bond donors (Lipinski definition) is 4. The van der Waals surface area contributed by atoms with Gasteiger partial charge in [-0.05, 0) is 95.1 Å². The fourth-order valence-electron chi connectivity index (χ4n) is 4.46. The zero-order valence-corrected chi connectivity index (χ0v) is 30.3. The molecule has 4 N–H and O–H groups in total. The van der Waals surface area contributed by atoms with Crippen molar-refractivity contribution in [2.75, 3.05) is 48.8 Å². The van der Waals surface area contributed by atoms with E-state index in [1.807, 2.05) is 0 Å². The van der Waals surface area contributed by atoms with E-state index in [1.165, 1.54) is 65.9 Å². The van der Waals surface area contributed by atoms with Gasteiger partial charge in [0.25, 0.3) is 0 Å². The van der Waals surface area contributed by atoms with Gasteiger partial charge in [-0.25, -0.2) is 9.59 Å². The van der Waals surface area contributed by atoms with Crippen LogP contribution < -0.4 is 23.7 Å². The lowest BCUT2D eigenvalue weighted by Crippen LogP contribution is -1.99. The average molecular weight is 743 g/mol. The molecule has 4 rings (SSSR count). The molecular weight excluding hydrogens is 700 g/mol. The fraction of sp³-hybridized carbons (Fsp3) is 0.171. The highest BCUT2D eigenvalue weighted by atomic mass is 16.5. The molecule has 0 aliphatic carbocycles. The number of carbonyl (C=O) groups is 2. The van der Waals surface area contributed by atoms with Crippen molar-refractivity contribution in [2.45, 2.75) is 0 Å². The van der Waals surface area contributed by atoms with Crippen LogP contribution in [0.25, 0.3) is 24.3 Å². The van der Waals surface area contributed by atoms with Crippen LogP contribution in [-0.2, 0) is 19.1 Å². The SMILES string of the molecule is COc1cc(/C=C/C(=O)OC/C=C/c2cc(OC)c(O)c(OC)c2)ccc1O.COc1cc(/C=C/COC(=O)/C=C/c2ccc(O)c(OC)c2)ccc1O. The average Bonchev–Trinajstić information content (AvgIpc) is 3.18. The van der Waals surface area contributed by atoms with Crippen LogP contribution in [0.1, 0.15) is 22.3 Å². The summed E-state index contributed by atoms with van der Waals surface area (Å²) < 4.78 is 35.4. The number of methoxy groups -OCH3 is 5. The third kappa shape index (κ3) is 12.9. The number of benzene rings is 4. The summed E-state index contributed by atoms with van der Waals surface area (Å²) in [6.45, 7) is 0.166. The van der Waals surface area contributed by atoms with E-state index in [4.69, 9.17) is 33.2 Å². The largest absolute Gasteiger partial charge is 0.504 e. The highest BCUT2D eigenvalue weighted by Gasteiger charge is 2.10. The topological polar surface area (TPSA) is 180 Å². The summed E-state index contributed by atoms with van der Waals surface area (Å²) in [5.41, 5.74) is 2.91. The fourth-order valence-corrected chi connectivity index (χ4v) is 4.46. The summed E-state index contributed by atoms with van der Waals surface area (Å²) in [7, 11) is 7.26. The lowest BCUT2D eigenvalue weighted by molar-refractivity contribution is -0.137. The normalized spacial score (nSPS) is 11.0. The van der Waals surface area contributed by atoms with Crippen molar-refractivity contribution in [1.29, 1.82) is 0 Å². The Morgan fingerprint density at radius 2 is 0.778 bits per heavy atom. The van der Waals surface area contributed by atoms with E-state index in [2.05, 4.69) is 0 Å². The molecule has 4 aromatic carbocycles. The molecule has 0 heterocycles. The standard InChI is InChI=1S/C21H22O7.C20H20O6/c1-25-17-11-14(6-8-16(17)22)7-9-20(23)28-10-4-5-15-12-18(26-2)21(24)19(13-15)27-3;1-24-18-12-14(5-8-16(18)21)4-3-11-26-20(23)10-7-15-6-9-17(22)19(13-15)25-2/h4-9,11-13,22,24H,10H2,1-3H3;3-10,12-13,21-22H,11H2,1-2H3/b5-4+,9-7+;4-3+,10-7+. The Hall–Kier alpha value is -7.02. The van der Waals surface area contributed by atoms with E-state index in [0.29, 0.717) is 33.9 Å². The predicted octanol–water partition coefficient (Wildman–Crippen LogP) is 6.78. The Kier molecular flexibility index (Phi) is 16.4. The summed E-state index contributed by atoms with van der Waals surface area (Å²) in [6, 6.07) is 17.7. The zero-order chi connectivity index (χ0) is 39.5. The van der Waals surface area contributed by atoms with E-state index in [0.717, 1.165) is 5.56 Å². The molecule has 0 saturated carbocycles. The highest BCUT2D eigenvalue weighted by Crippen LogP contribution is 2.37. The van der Waals surface area contributed by atoms with E-state index in [1.54, 1.807) is 85.0 Å². The summed E-state index contributed by atoms with van der Waals surface area (Å²) in [6.07, 6.45) is 12.5. The minimum atomic E-state index is -0.516. The van der Waals surface area contributed by atoms with E-state index in [-0.39, 0.29) is 47.7 Å². The molecule has 4 aromatic rings. The third-order valence-corrected chi connectivity index (χ3v) is 7.20. The van der Waals surface area contributed by atoms with Gasteiger partial charge in [-0.15, -0.1) is 0 Å². The van der Waals surface area contributed by atoms with Crippen LogP contribution in [0.15, 0.2) is 91.0 Å². The van der Waals surface area contributed by atoms with Gasteiger partial charge in [-0.1, -0.05) is 30.4 Å². The molecule has 284 valence electrons. The van der Waals surface area contributed by atoms with Crippen molar-refractivity contribution in [3.8, 4) is 51.7 Å². The molecule has 0 aliphatic rings. The van der Waals surface area contributed by atoms with Crippen molar-refractivity contribution >= 4 is 36.2 Å². The molecule has 0 aliphatic heterocycles. The van der Waals surface area contributed by atoms with Crippen molar-refractivity contribution in [3.05, 3.63) is 113 Å². The molecule has 0 aromatic heterocycles. The van der Waals surface area contributed by atoms with Crippen molar-refractivity contribution < 1.29 is 63.2 Å². The van der Waals surface area contributed by atoms with Gasteiger partial charge in [0.1, 0.15) is 13.2 Å². The number of phenolic OH excluding ortho intramolecular Hbond substituents is 4. The first-order valence-electron chi connectivity index (χ1n) is 16.1. The highest BCUT2D eigenvalue weighted by molar-refractivity contribution is 5.88. The number of hydrogen-bond acceptors (Lipinski definition) is 13. The van der Waals surface area contributed by atoms with Crippen LogP contribution in [0, 0.1) is 0 Å². The maximum atomic E-state index is 11.8. The lowest BCUT2D eigenvalue weighted by atomic mass is 10.1. The van der Waals surface area contributed by atoms with Gasteiger partial charge in [0.2, 0.25) is 5.75 Å². The zero-order valence-electron chi connectivity index (χ0n) is 30.3. The molecule has 13 nitrogen and oxygen atoms in total. The molecule has 0 unspecified atom stereocenters. The van der Waals surface area contributed by atoms with Gasteiger partial charge >= 0.3 is 11.9 Å². The van der Waals surface area contributed by atoms with Gasteiger partial charge in [0, 0.05) is 12.2 Å². The number of rotatable bonds is 15. The molecule has 0 spiro atoms. The maximum Gasteiger partial charge on any atom is 0.331 e. The molecule has 0 bridgehead atoms. The van der Waals surface area contributed by atoms with Crippen molar-refractivity contribution in [1.82, 2.24) is 0 Å². The molecule has 0 amide bonds. The van der Waals surface area contributed by atoms with E-state index >= 15 is 0 Å². The van der Waals surface area contributed by atoms with Crippen LogP contribution in [0.4, 0.5) is 0 Å². The second-order valence-corrected chi connectivity index (χ2v) is 10.8. The summed E-state index contributed by atoms with van der Waals surface area (Å²) in [4.78, 5) is 23.5. The molecule has 0 saturated heterocycles. The number of esters is 2. The maximum absolute atomic E-state index is 11.8. The van der Waals surface area contributed by atoms with Gasteiger partial charge in [-0.2, -0.15) is 0 Å². The lowest BCUT2D eigenvalue weighted by Gasteiger charge is -2.09. The number of carbonyl (C=O) groups excluding carboxylic acids is 2. The first kappa shape index (κ1) is 41.4. The molecule has 13 heteroatoms. The van der Waals surface area contributed by atoms with Crippen LogP contribution >= 0.6 is 0 Å². The Bertz CT molecular complexity index is 1970. The number of ether oxygens (including phenoxy) is 7. The molecule has 0 radical (unpaired) electrons. The summed E-state index contributed by atoms with van der Waals surface area (Å²) in [5, 5.41) is 38.5. The first-order valence-corrected chi connectivity index (χ1v) is 16.1. The Labute approximate surface area is 312 Å². The van der Waals surface area contributed by atoms with Gasteiger partial charge in [0.15, 0.2) is 46.0 Å². The number of aromatic hydroxyl groups is 4. The summed E-state index contributed by atoms with van der Waals surface area (Å²) >= 11 is 0. The number of phenols is 4. The Balaban J connectivity index is 0.000000291. The van der Waals surface area contributed by atoms with Crippen LogP contribution in [0.3, 0.4) is 0 Å². The van der Waals surface area contributed by atoms with Gasteiger partial charge < -0.3 is 53.6 Å². The quantitative estimate of drug-likeness (QED) is 0.0741.